The minimum absolute atomic E-state index is 0.180. The van der Waals surface area contributed by atoms with Crippen LogP contribution in [0.25, 0.3) is 0 Å². The molecule has 0 fully saturated rings. The van der Waals surface area contributed by atoms with Crippen molar-refractivity contribution in [1.29, 1.82) is 0 Å². The third-order valence-corrected chi connectivity index (χ3v) is 3.37. The van der Waals surface area contributed by atoms with Gasteiger partial charge < -0.3 is 9.84 Å². The van der Waals surface area contributed by atoms with Crippen LogP contribution >= 0.6 is 0 Å². The van der Waals surface area contributed by atoms with Gasteiger partial charge in [0.2, 0.25) is 0 Å². The van der Waals surface area contributed by atoms with E-state index >= 15 is 0 Å². The lowest BCUT2D eigenvalue weighted by molar-refractivity contribution is 0.00891. The molecule has 0 aromatic heterocycles. The molecule has 1 rings (SSSR count). The Morgan fingerprint density at radius 3 is 1.94 bits per heavy atom. The summed E-state index contributed by atoms with van der Waals surface area (Å²) in [5.74, 6) is 1.09. The highest BCUT2D eigenvalue weighted by molar-refractivity contribution is 5.44. The van der Waals surface area contributed by atoms with Crippen molar-refractivity contribution in [2.24, 2.45) is 5.92 Å². The number of hydrogen-bond donors (Lipinski definition) is 1. The maximum Gasteiger partial charge on any atom is 0.124 e. The summed E-state index contributed by atoms with van der Waals surface area (Å²) < 4.78 is 5.32. The number of aliphatic hydroxyl groups is 1. The lowest BCUT2D eigenvalue weighted by atomic mass is 9.84. The second kappa shape index (κ2) is 4.46. The van der Waals surface area contributed by atoms with Gasteiger partial charge in [-0.2, -0.15) is 0 Å². The van der Waals surface area contributed by atoms with Crippen molar-refractivity contribution in [2.75, 3.05) is 7.11 Å². The Labute approximate surface area is 98.3 Å². The topological polar surface area (TPSA) is 29.5 Å². The van der Waals surface area contributed by atoms with Crippen LogP contribution in [0.4, 0.5) is 0 Å². The molecule has 2 heteroatoms. The highest BCUT2D eigenvalue weighted by atomic mass is 16.5. The van der Waals surface area contributed by atoms with E-state index in [2.05, 4.69) is 0 Å². The third kappa shape index (κ3) is 2.22. The summed E-state index contributed by atoms with van der Waals surface area (Å²) in [6.45, 7) is 9.92. The summed E-state index contributed by atoms with van der Waals surface area (Å²) in [5, 5.41) is 10.4. The molecule has 0 heterocycles. The van der Waals surface area contributed by atoms with E-state index < -0.39 is 5.60 Å². The highest BCUT2D eigenvalue weighted by Gasteiger charge is 2.28. The Morgan fingerprint density at radius 1 is 1.19 bits per heavy atom. The van der Waals surface area contributed by atoms with Gasteiger partial charge in [-0.15, -0.1) is 0 Å². The summed E-state index contributed by atoms with van der Waals surface area (Å²) in [7, 11) is 1.68. The van der Waals surface area contributed by atoms with Crippen molar-refractivity contribution in [3.63, 3.8) is 0 Å². The van der Waals surface area contributed by atoms with Crippen LogP contribution in [0.3, 0.4) is 0 Å². The summed E-state index contributed by atoms with van der Waals surface area (Å²) in [6, 6.07) is 4.01. The van der Waals surface area contributed by atoms with E-state index in [1.165, 1.54) is 0 Å². The number of methoxy groups -OCH3 is 1. The average Bonchev–Trinajstić information content (AvgIpc) is 2.16. The number of aryl methyl sites for hydroxylation is 2. The predicted molar refractivity (Wildman–Crippen MR) is 66.9 cm³/mol. The summed E-state index contributed by atoms with van der Waals surface area (Å²) >= 11 is 0. The molecule has 0 spiro atoms. The Bertz CT molecular complexity index is 355. The van der Waals surface area contributed by atoms with E-state index in [0.717, 1.165) is 22.4 Å². The third-order valence-electron chi connectivity index (χ3n) is 3.37. The van der Waals surface area contributed by atoms with Gasteiger partial charge in [0.1, 0.15) is 5.75 Å². The molecule has 1 N–H and O–H groups in total. The summed E-state index contributed by atoms with van der Waals surface area (Å²) in [6.07, 6.45) is 0. The molecule has 90 valence electrons. The van der Waals surface area contributed by atoms with Crippen LogP contribution in [0.2, 0.25) is 0 Å². The van der Waals surface area contributed by atoms with Crippen molar-refractivity contribution in [1.82, 2.24) is 0 Å². The number of benzene rings is 1. The number of hydrogen-bond acceptors (Lipinski definition) is 2. The SMILES string of the molecule is COc1c(C)cc([C@@](C)(O)C(C)C)cc1C. The molecule has 0 saturated carbocycles. The van der Waals surface area contributed by atoms with Gasteiger partial charge in [0, 0.05) is 0 Å². The van der Waals surface area contributed by atoms with E-state index in [1.807, 2.05) is 46.8 Å². The molecule has 1 aromatic rings. The maximum absolute atomic E-state index is 10.4. The molecule has 0 aliphatic carbocycles. The summed E-state index contributed by atoms with van der Waals surface area (Å²) in [4.78, 5) is 0. The fraction of sp³-hybridized carbons (Fsp3) is 0.571. The second-order valence-electron chi connectivity index (χ2n) is 4.95. The van der Waals surface area contributed by atoms with Crippen molar-refractivity contribution >= 4 is 0 Å². The van der Waals surface area contributed by atoms with Crippen molar-refractivity contribution in [2.45, 2.75) is 40.2 Å². The zero-order chi connectivity index (χ0) is 12.5. The first-order valence-electron chi connectivity index (χ1n) is 5.68. The molecule has 1 aromatic carbocycles. The fourth-order valence-corrected chi connectivity index (χ4v) is 1.90. The predicted octanol–water partition coefficient (Wildman–Crippen LogP) is 3.18. The van der Waals surface area contributed by atoms with Gasteiger partial charge in [0.25, 0.3) is 0 Å². The van der Waals surface area contributed by atoms with Crippen LogP contribution in [0.5, 0.6) is 5.75 Å². The smallest absolute Gasteiger partial charge is 0.124 e. The van der Waals surface area contributed by atoms with E-state index in [9.17, 15) is 5.11 Å². The molecule has 0 radical (unpaired) electrons. The quantitative estimate of drug-likeness (QED) is 0.851. The molecule has 2 nitrogen and oxygen atoms in total. The zero-order valence-electron chi connectivity index (χ0n) is 11.1. The van der Waals surface area contributed by atoms with Crippen LogP contribution < -0.4 is 4.74 Å². The van der Waals surface area contributed by atoms with Crippen LogP contribution in [0.15, 0.2) is 12.1 Å². The van der Waals surface area contributed by atoms with Crippen LogP contribution in [-0.2, 0) is 5.60 Å². The molecule has 0 amide bonds. The fourth-order valence-electron chi connectivity index (χ4n) is 1.90. The van der Waals surface area contributed by atoms with E-state index in [-0.39, 0.29) is 5.92 Å². The van der Waals surface area contributed by atoms with E-state index in [0.29, 0.717) is 0 Å². The summed E-state index contributed by atoms with van der Waals surface area (Å²) in [5.41, 5.74) is 2.30. The molecular formula is C14H22O2. The largest absolute Gasteiger partial charge is 0.496 e. The molecule has 16 heavy (non-hydrogen) atoms. The minimum atomic E-state index is -0.790. The highest BCUT2D eigenvalue weighted by Crippen LogP contribution is 2.33. The lowest BCUT2D eigenvalue weighted by Gasteiger charge is -2.29. The normalized spacial score (nSPS) is 15.0. The van der Waals surface area contributed by atoms with Crippen LogP contribution in [0, 0.1) is 19.8 Å². The maximum atomic E-state index is 10.4. The van der Waals surface area contributed by atoms with Gasteiger partial charge in [0.05, 0.1) is 12.7 Å². The van der Waals surface area contributed by atoms with Crippen LogP contribution in [0.1, 0.15) is 37.5 Å². The monoisotopic (exact) mass is 222 g/mol. The standard InChI is InChI=1S/C14H22O2/c1-9(2)14(5,15)12-7-10(3)13(16-6)11(4)8-12/h7-9,15H,1-6H3/t14-/m0/s1. The second-order valence-corrected chi connectivity index (χ2v) is 4.95. The van der Waals surface area contributed by atoms with Gasteiger partial charge in [0.15, 0.2) is 0 Å². The molecule has 0 aliphatic rings. The lowest BCUT2D eigenvalue weighted by Crippen LogP contribution is -2.28. The van der Waals surface area contributed by atoms with Crippen LogP contribution in [-0.4, -0.2) is 12.2 Å². The number of ether oxygens (including phenoxy) is 1. The van der Waals surface area contributed by atoms with Gasteiger partial charge in [-0.05, 0) is 55.5 Å². The van der Waals surface area contributed by atoms with E-state index in [1.54, 1.807) is 7.11 Å². The van der Waals surface area contributed by atoms with Crippen molar-refractivity contribution in [3.8, 4) is 5.75 Å². The zero-order valence-corrected chi connectivity index (χ0v) is 11.1. The molecule has 0 saturated heterocycles. The average molecular weight is 222 g/mol. The Hall–Kier alpha value is -1.02. The first kappa shape index (κ1) is 13.0. The molecule has 0 aliphatic heterocycles. The van der Waals surface area contributed by atoms with Crippen molar-refractivity contribution in [3.05, 3.63) is 28.8 Å². The van der Waals surface area contributed by atoms with Gasteiger partial charge in [-0.3, -0.25) is 0 Å². The van der Waals surface area contributed by atoms with Gasteiger partial charge >= 0.3 is 0 Å². The van der Waals surface area contributed by atoms with Gasteiger partial charge in [-0.25, -0.2) is 0 Å². The first-order valence-corrected chi connectivity index (χ1v) is 5.68. The molecule has 0 unspecified atom stereocenters. The molecule has 0 bridgehead atoms. The Morgan fingerprint density at radius 2 is 1.62 bits per heavy atom. The number of rotatable bonds is 3. The van der Waals surface area contributed by atoms with Gasteiger partial charge in [-0.1, -0.05) is 13.8 Å². The first-order chi connectivity index (χ1) is 7.30. The Kier molecular flexibility index (Phi) is 3.64. The molecule has 1 atom stereocenters. The molecular weight excluding hydrogens is 200 g/mol. The Balaban J connectivity index is 3.29. The van der Waals surface area contributed by atoms with E-state index in [4.69, 9.17) is 4.74 Å². The minimum Gasteiger partial charge on any atom is -0.496 e. The van der Waals surface area contributed by atoms with Crippen molar-refractivity contribution < 1.29 is 9.84 Å².